The molecule has 0 saturated carbocycles. The van der Waals surface area contributed by atoms with Gasteiger partial charge in [-0.3, -0.25) is 9.59 Å². The van der Waals surface area contributed by atoms with Crippen LogP contribution in [-0.2, 0) is 14.3 Å². The normalized spacial score (nSPS) is 17.3. The molecule has 6 heteroatoms. The van der Waals surface area contributed by atoms with Crippen molar-refractivity contribution in [3.8, 4) is 5.75 Å². The Morgan fingerprint density at radius 2 is 2.19 bits per heavy atom. The van der Waals surface area contributed by atoms with E-state index < -0.39 is 5.97 Å². The zero-order valence-electron chi connectivity index (χ0n) is 12.0. The lowest BCUT2D eigenvalue weighted by Crippen LogP contribution is -2.30. The molecule has 1 amide bonds. The van der Waals surface area contributed by atoms with Gasteiger partial charge in [0, 0.05) is 6.61 Å². The summed E-state index contributed by atoms with van der Waals surface area (Å²) in [5.74, 6) is -0.389. The number of carbonyl (C=O) groups is 2. The highest BCUT2D eigenvalue weighted by molar-refractivity contribution is 5.98. The smallest absolute Gasteiger partial charge is 0.325 e. The summed E-state index contributed by atoms with van der Waals surface area (Å²) in [6.45, 7) is 1.01. The van der Waals surface area contributed by atoms with E-state index in [4.69, 9.17) is 9.47 Å². The van der Waals surface area contributed by atoms with E-state index in [-0.39, 0.29) is 18.6 Å². The molecule has 1 aliphatic heterocycles. The van der Waals surface area contributed by atoms with E-state index in [9.17, 15) is 9.59 Å². The van der Waals surface area contributed by atoms with Gasteiger partial charge in [-0.1, -0.05) is 12.1 Å². The Kier molecular flexibility index (Phi) is 5.57. The number of carbonyl (C=O) groups excluding carboxylic acids is 2. The molecule has 1 aromatic rings. The molecule has 21 heavy (non-hydrogen) atoms. The van der Waals surface area contributed by atoms with Crippen molar-refractivity contribution >= 4 is 11.9 Å². The lowest BCUT2D eigenvalue weighted by Gasteiger charge is -2.14. The predicted octanol–water partition coefficient (Wildman–Crippen LogP) is 1.15. The summed E-state index contributed by atoms with van der Waals surface area (Å²) in [5, 5.41) is 2.49. The fourth-order valence-corrected chi connectivity index (χ4v) is 2.06. The van der Waals surface area contributed by atoms with Crippen molar-refractivity contribution in [2.24, 2.45) is 0 Å². The summed E-state index contributed by atoms with van der Waals surface area (Å²) < 4.78 is 15.6. The third-order valence-corrected chi connectivity index (χ3v) is 3.20. The first-order valence-electron chi connectivity index (χ1n) is 6.89. The molecule has 1 aromatic carbocycles. The molecule has 0 aliphatic carbocycles. The molecule has 1 heterocycles. The summed E-state index contributed by atoms with van der Waals surface area (Å²) in [7, 11) is 1.27. The first-order chi connectivity index (χ1) is 10.2. The average Bonchev–Trinajstić information content (AvgIpc) is 3.04. The van der Waals surface area contributed by atoms with Crippen molar-refractivity contribution in [1.29, 1.82) is 0 Å². The van der Waals surface area contributed by atoms with Crippen LogP contribution in [0.25, 0.3) is 0 Å². The second-order valence-corrected chi connectivity index (χ2v) is 4.70. The first kappa shape index (κ1) is 15.3. The van der Waals surface area contributed by atoms with Crippen LogP contribution in [0.2, 0.25) is 0 Å². The number of amides is 1. The van der Waals surface area contributed by atoms with Gasteiger partial charge in [0.05, 0.1) is 18.8 Å². The highest BCUT2D eigenvalue weighted by atomic mass is 16.5. The molecule has 114 valence electrons. The Hall–Kier alpha value is -2.08. The largest absolute Gasteiger partial charge is 0.490 e. The van der Waals surface area contributed by atoms with Gasteiger partial charge < -0.3 is 19.5 Å². The van der Waals surface area contributed by atoms with Gasteiger partial charge >= 0.3 is 5.97 Å². The summed E-state index contributed by atoms with van der Waals surface area (Å²) in [5.41, 5.74) is 0.388. The summed E-state index contributed by atoms with van der Waals surface area (Å²) >= 11 is 0. The molecular formula is C15H19NO5. The van der Waals surface area contributed by atoms with E-state index in [0.717, 1.165) is 19.4 Å². The molecule has 1 aliphatic rings. The van der Waals surface area contributed by atoms with E-state index in [1.54, 1.807) is 24.3 Å². The molecule has 1 saturated heterocycles. The molecule has 0 spiro atoms. The molecule has 2 rings (SSSR count). The molecule has 1 atom stereocenters. The van der Waals surface area contributed by atoms with E-state index >= 15 is 0 Å². The molecule has 1 N–H and O–H groups in total. The minimum absolute atomic E-state index is 0.0798. The molecule has 0 radical (unpaired) electrons. The van der Waals surface area contributed by atoms with Gasteiger partial charge in [0.15, 0.2) is 0 Å². The van der Waals surface area contributed by atoms with Gasteiger partial charge in [-0.25, -0.2) is 0 Å². The minimum Gasteiger partial charge on any atom is -0.490 e. The maximum Gasteiger partial charge on any atom is 0.325 e. The zero-order chi connectivity index (χ0) is 15.1. The van der Waals surface area contributed by atoms with Gasteiger partial charge in [0.25, 0.3) is 5.91 Å². The predicted molar refractivity (Wildman–Crippen MR) is 75.3 cm³/mol. The number of rotatable bonds is 6. The fraction of sp³-hybridized carbons (Fsp3) is 0.467. The Labute approximate surface area is 123 Å². The van der Waals surface area contributed by atoms with Gasteiger partial charge in [-0.15, -0.1) is 0 Å². The fourth-order valence-electron chi connectivity index (χ4n) is 2.06. The van der Waals surface area contributed by atoms with Crippen LogP contribution in [0.4, 0.5) is 0 Å². The lowest BCUT2D eigenvalue weighted by atomic mass is 10.2. The van der Waals surface area contributed by atoms with Crippen LogP contribution in [0.5, 0.6) is 5.75 Å². The van der Waals surface area contributed by atoms with Gasteiger partial charge in [-0.05, 0) is 25.0 Å². The molecule has 0 bridgehead atoms. The SMILES string of the molecule is COC(=O)CNC(=O)c1ccccc1OCC1CCCO1. The van der Waals surface area contributed by atoms with Crippen molar-refractivity contribution in [3.05, 3.63) is 29.8 Å². The van der Waals surface area contributed by atoms with Crippen LogP contribution < -0.4 is 10.1 Å². The molecule has 0 aromatic heterocycles. The summed E-state index contributed by atoms with van der Waals surface area (Å²) in [6.07, 6.45) is 2.09. The van der Waals surface area contributed by atoms with Crippen LogP contribution in [0.15, 0.2) is 24.3 Å². The maximum absolute atomic E-state index is 12.1. The Morgan fingerprint density at radius 3 is 2.90 bits per heavy atom. The number of esters is 1. The van der Waals surface area contributed by atoms with Crippen LogP contribution >= 0.6 is 0 Å². The topological polar surface area (TPSA) is 73.9 Å². The van der Waals surface area contributed by atoms with E-state index in [2.05, 4.69) is 10.1 Å². The van der Waals surface area contributed by atoms with E-state index in [1.165, 1.54) is 7.11 Å². The molecule has 1 unspecified atom stereocenters. The first-order valence-corrected chi connectivity index (χ1v) is 6.89. The zero-order valence-corrected chi connectivity index (χ0v) is 12.0. The van der Waals surface area contributed by atoms with Crippen LogP contribution in [-0.4, -0.2) is 44.8 Å². The van der Waals surface area contributed by atoms with Crippen molar-refractivity contribution in [3.63, 3.8) is 0 Å². The standard InChI is InChI=1S/C15H19NO5/c1-19-14(17)9-16-15(18)12-6-2-3-7-13(12)21-10-11-5-4-8-20-11/h2-3,6-7,11H,4-5,8-10H2,1H3,(H,16,18). The molecule has 1 fully saturated rings. The quantitative estimate of drug-likeness (QED) is 0.796. The number of nitrogens with one attached hydrogen (secondary N) is 1. The minimum atomic E-state index is -0.499. The van der Waals surface area contributed by atoms with Crippen molar-refractivity contribution in [2.75, 3.05) is 26.9 Å². The monoisotopic (exact) mass is 293 g/mol. The highest BCUT2D eigenvalue weighted by Crippen LogP contribution is 2.20. The van der Waals surface area contributed by atoms with Crippen LogP contribution in [0.1, 0.15) is 23.2 Å². The number of benzene rings is 1. The van der Waals surface area contributed by atoms with Gasteiger partial charge in [0.2, 0.25) is 0 Å². The second-order valence-electron chi connectivity index (χ2n) is 4.70. The summed E-state index contributed by atoms with van der Waals surface area (Å²) in [6, 6.07) is 6.91. The third-order valence-electron chi connectivity index (χ3n) is 3.20. The molecule has 6 nitrogen and oxygen atoms in total. The Balaban J connectivity index is 1.94. The number of hydrogen-bond donors (Lipinski definition) is 1. The Morgan fingerprint density at radius 1 is 1.38 bits per heavy atom. The van der Waals surface area contributed by atoms with Gasteiger partial charge in [-0.2, -0.15) is 0 Å². The van der Waals surface area contributed by atoms with Crippen LogP contribution in [0.3, 0.4) is 0 Å². The van der Waals surface area contributed by atoms with E-state index in [0.29, 0.717) is 17.9 Å². The van der Waals surface area contributed by atoms with Crippen molar-refractivity contribution in [2.45, 2.75) is 18.9 Å². The highest BCUT2D eigenvalue weighted by Gasteiger charge is 2.18. The van der Waals surface area contributed by atoms with Gasteiger partial charge in [0.1, 0.15) is 18.9 Å². The van der Waals surface area contributed by atoms with Crippen molar-refractivity contribution in [1.82, 2.24) is 5.32 Å². The third kappa shape index (κ3) is 4.46. The number of para-hydroxylation sites is 1. The van der Waals surface area contributed by atoms with E-state index in [1.807, 2.05) is 0 Å². The maximum atomic E-state index is 12.1. The number of hydrogen-bond acceptors (Lipinski definition) is 5. The average molecular weight is 293 g/mol. The lowest BCUT2D eigenvalue weighted by molar-refractivity contribution is -0.139. The molecular weight excluding hydrogens is 274 g/mol. The summed E-state index contributed by atoms with van der Waals surface area (Å²) in [4.78, 5) is 23.1. The number of ether oxygens (including phenoxy) is 3. The second kappa shape index (κ2) is 7.64. The van der Waals surface area contributed by atoms with Crippen LogP contribution in [0, 0.1) is 0 Å². The number of methoxy groups -OCH3 is 1. The van der Waals surface area contributed by atoms with Crippen molar-refractivity contribution < 1.29 is 23.8 Å². The Bertz CT molecular complexity index is 497.